The van der Waals surface area contributed by atoms with Gasteiger partial charge in [0.15, 0.2) is 7.28 Å². The van der Waals surface area contributed by atoms with Crippen LogP contribution in [0.2, 0.25) is 0 Å². The van der Waals surface area contributed by atoms with Crippen LogP contribution in [0.1, 0.15) is 88.8 Å². The van der Waals surface area contributed by atoms with E-state index < -0.39 is 0 Å². The molecule has 2 aromatic heterocycles. The van der Waals surface area contributed by atoms with Crippen LogP contribution in [0, 0.1) is 0 Å². The van der Waals surface area contributed by atoms with Crippen molar-refractivity contribution >= 4 is 62.2 Å². The zero-order chi connectivity index (χ0) is 49.0. The van der Waals surface area contributed by atoms with Gasteiger partial charge in [-0.25, -0.2) is 0 Å². The summed E-state index contributed by atoms with van der Waals surface area (Å²) in [5, 5.41) is 8.73. The first-order valence-electron chi connectivity index (χ1n) is 25.7. The monoisotopic (exact) mass is 927 g/mol. The van der Waals surface area contributed by atoms with Crippen LogP contribution in [0.25, 0.3) is 94.3 Å². The van der Waals surface area contributed by atoms with E-state index in [1.165, 1.54) is 94.0 Å². The normalized spacial score (nSPS) is 14.0. The summed E-state index contributed by atoms with van der Waals surface area (Å²) in [5.74, 6) is 1.77. The fraction of sp³-hybridized carbons (Fsp3) is 0.176. The first-order chi connectivity index (χ1) is 34.7. The molecule has 11 aromatic rings. The second-order valence-electron chi connectivity index (χ2n) is 23.2. The number of hydrogen-bond donors (Lipinski definition) is 1. The molecule has 3 aliphatic rings. The lowest BCUT2D eigenvalue weighted by Gasteiger charge is -2.25. The van der Waals surface area contributed by atoms with E-state index in [1.807, 2.05) is 0 Å². The van der Waals surface area contributed by atoms with Gasteiger partial charge in [0.2, 0.25) is 0 Å². The molecule has 0 saturated heterocycles. The molecule has 0 saturated carbocycles. The van der Waals surface area contributed by atoms with Gasteiger partial charge in [-0.3, -0.25) is 0 Å². The SMILES string of the molecule is CC(C)(C)c1ccc(Nc2cc3c(cc2-c2ccc4c5cc6c(cc5n5c4c2[B]c2cc4c(-c7ccccc7)oc(-c7ccccc7)c4cc2-5)C(C)(C)c2ccccc2-6)-c2ccc(C(C)(C)C)cc2C3)cc1. The van der Waals surface area contributed by atoms with E-state index in [4.69, 9.17) is 4.42 Å². The standard InChI is InChI=1S/C68H56BN2O/c1-66(2,3)43-23-26-45(27-24-43)70-59-33-42-31-41-32-44(67(4,5)6)25-28-46(41)50(42)34-52(59)48-29-30-49-53-35-51-47-21-15-16-22-56(47)68(7,8)57(51)38-60(53)71-61-37-55-54(36-58(61)69-62(48)63(49)71)64(39-17-11-9-12-18-39)72-65(55)40-19-13-10-14-20-40/h9-30,32-38,70H,31H2,1-8H3. The van der Waals surface area contributed by atoms with Gasteiger partial charge in [0, 0.05) is 66.2 Å². The largest absolute Gasteiger partial charge is 0.455 e. The highest BCUT2D eigenvalue weighted by Crippen LogP contribution is 2.52. The van der Waals surface area contributed by atoms with Crippen LogP contribution in [0.15, 0.2) is 180 Å². The zero-order valence-electron chi connectivity index (χ0n) is 42.4. The number of hydrogen-bond acceptors (Lipinski definition) is 2. The first kappa shape index (κ1) is 43.0. The summed E-state index contributed by atoms with van der Waals surface area (Å²) in [6, 6.07) is 66.0. The van der Waals surface area contributed by atoms with Gasteiger partial charge >= 0.3 is 0 Å². The number of fused-ring (bicyclic) bond motifs is 12. The first-order valence-corrected chi connectivity index (χ1v) is 25.7. The Kier molecular flexibility index (Phi) is 9.02. The number of nitrogens with zero attached hydrogens (tertiary/aromatic N) is 1. The van der Waals surface area contributed by atoms with Crippen molar-refractivity contribution in [2.45, 2.75) is 78.1 Å². The third kappa shape index (κ3) is 6.37. The molecule has 4 heteroatoms. The van der Waals surface area contributed by atoms with Crippen molar-refractivity contribution in [3.8, 4) is 61.7 Å². The Labute approximate surface area is 423 Å². The molecule has 0 unspecified atom stereocenters. The van der Waals surface area contributed by atoms with Gasteiger partial charge in [-0.2, -0.15) is 0 Å². The lowest BCUT2D eigenvalue weighted by Crippen LogP contribution is -2.37. The Balaban J connectivity index is 1.05. The summed E-state index contributed by atoms with van der Waals surface area (Å²) >= 11 is 0. The molecule has 9 aromatic carbocycles. The molecule has 3 nitrogen and oxygen atoms in total. The highest BCUT2D eigenvalue weighted by atomic mass is 16.3. The summed E-state index contributed by atoms with van der Waals surface area (Å²) in [6.07, 6.45) is 0.908. The summed E-state index contributed by atoms with van der Waals surface area (Å²) in [4.78, 5) is 0. The van der Waals surface area contributed by atoms with Gasteiger partial charge in [0.05, 0.1) is 5.52 Å². The molecule has 3 heterocycles. The number of benzene rings is 9. The number of furan rings is 1. The van der Waals surface area contributed by atoms with E-state index in [0.717, 1.165) is 62.4 Å². The third-order valence-electron chi connectivity index (χ3n) is 16.4. The molecule has 1 radical (unpaired) electrons. The molecule has 0 fully saturated rings. The van der Waals surface area contributed by atoms with Gasteiger partial charge in [-0.05, 0) is 126 Å². The maximum atomic E-state index is 7.06. The van der Waals surface area contributed by atoms with Gasteiger partial charge < -0.3 is 14.3 Å². The average Bonchev–Trinajstić information content (AvgIpc) is 4.10. The topological polar surface area (TPSA) is 30.1 Å². The maximum Gasteiger partial charge on any atom is 0.197 e. The van der Waals surface area contributed by atoms with E-state index in [-0.39, 0.29) is 16.2 Å². The smallest absolute Gasteiger partial charge is 0.197 e. The zero-order valence-corrected chi connectivity index (χ0v) is 42.4. The van der Waals surface area contributed by atoms with Crippen molar-refractivity contribution in [3.05, 3.63) is 209 Å². The van der Waals surface area contributed by atoms with E-state index in [1.54, 1.807) is 0 Å². The van der Waals surface area contributed by atoms with Crippen molar-refractivity contribution < 1.29 is 4.42 Å². The molecule has 0 amide bonds. The lowest BCUT2D eigenvalue weighted by molar-refractivity contribution is 0.589. The highest BCUT2D eigenvalue weighted by molar-refractivity contribution is 6.73. The maximum absolute atomic E-state index is 7.06. The molecular weight excluding hydrogens is 872 g/mol. The minimum Gasteiger partial charge on any atom is -0.455 e. The van der Waals surface area contributed by atoms with Crippen LogP contribution in [-0.4, -0.2) is 11.8 Å². The van der Waals surface area contributed by atoms with Gasteiger partial charge in [0.1, 0.15) is 11.5 Å². The number of nitrogens with one attached hydrogen (secondary N) is 1. The molecule has 1 aliphatic heterocycles. The summed E-state index contributed by atoms with van der Waals surface area (Å²) in [6.45, 7) is 18.6. The van der Waals surface area contributed by atoms with Crippen LogP contribution in [-0.2, 0) is 22.7 Å². The van der Waals surface area contributed by atoms with Crippen molar-refractivity contribution in [2.24, 2.45) is 0 Å². The Hall–Kier alpha value is -7.82. The quantitative estimate of drug-likeness (QED) is 0.174. The van der Waals surface area contributed by atoms with Crippen molar-refractivity contribution in [2.75, 3.05) is 5.32 Å². The van der Waals surface area contributed by atoms with Crippen LogP contribution in [0.3, 0.4) is 0 Å². The number of rotatable bonds is 5. The Morgan fingerprint density at radius 3 is 1.85 bits per heavy atom. The van der Waals surface area contributed by atoms with Gasteiger partial charge in [0.25, 0.3) is 0 Å². The molecular formula is C68H56BN2O. The van der Waals surface area contributed by atoms with Gasteiger partial charge in [-0.1, -0.05) is 194 Å². The van der Waals surface area contributed by atoms with Crippen molar-refractivity contribution in [3.63, 3.8) is 0 Å². The number of aromatic nitrogens is 1. The molecule has 72 heavy (non-hydrogen) atoms. The minimum absolute atomic E-state index is 0.0594. The fourth-order valence-corrected chi connectivity index (χ4v) is 12.5. The molecule has 14 rings (SSSR count). The van der Waals surface area contributed by atoms with Crippen LogP contribution < -0.4 is 16.2 Å². The fourth-order valence-electron chi connectivity index (χ4n) is 12.5. The second-order valence-corrected chi connectivity index (χ2v) is 23.2. The Morgan fingerprint density at radius 2 is 1.14 bits per heavy atom. The average molecular weight is 928 g/mol. The molecule has 1 N–H and O–H groups in total. The predicted molar refractivity (Wildman–Crippen MR) is 305 cm³/mol. The Bertz CT molecular complexity index is 4080. The van der Waals surface area contributed by atoms with Crippen LogP contribution >= 0.6 is 0 Å². The van der Waals surface area contributed by atoms with Crippen LogP contribution in [0.5, 0.6) is 0 Å². The summed E-state index contributed by atoms with van der Waals surface area (Å²) < 4.78 is 9.65. The molecule has 0 bridgehead atoms. The van der Waals surface area contributed by atoms with Gasteiger partial charge in [-0.15, -0.1) is 0 Å². The number of anilines is 2. The van der Waals surface area contributed by atoms with E-state index in [9.17, 15) is 0 Å². The molecule has 347 valence electrons. The van der Waals surface area contributed by atoms with Crippen molar-refractivity contribution in [1.82, 2.24) is 4.57 Å². The van der Waals surface area contributed by atoms with E-state index in [2.05, 4.69) is 248 Å². The van der Waals surface area contributed by atoms with E-state index >= 15 is 0 Å². The van der Waals surface area contributed by atoms with Crippen molar-refractivity contribution in [1.29, 1.82) is 0 Å². The lowest BCUT2D eigenvalue weighted by atomic mass is 9.58. The molecule has 0 spiro atoms. The minimum atomic E-state index is -0.159. The Morgan fingerprint density at radius 1 is 0.500 bits per heavy atom. The second kappa shape index (κ2) is 15.1. The van der Waals surface area contributed by atoms with Crippen LogP contribution in [0.4, 0.5) is 11.4 Å². The predicted octanol–water partition coefficient (Wildman–Crippen LogP) is 16.7. The van der Waals surface area contributed by atoms with E-state index in [0.29, 0.717) is 0 Å². The molecule has 2 aliphatic carbocycles. The highest BCUT2D eigenvalue weighted by Gasteiger charge is 2.38. The third-order valence-corrected chi connectivity index (χ3v) is 16.4. The summed E-state index contributed by atoms with van der Waals surface area (Å²) in [5.41, 5.74) is 26.2. The summed E-state index contributed by atoms with van der Waals surface area (Å²) in [7, 11) is 2.47. The molecule has 0 atom stereocenters.